The molecule has 6 nitrogen and oxygen atoms in total. The third-order valence-corrected chi connectivity index (χ3v) is 4.26. The minimum absolute atomic E-state index is 0.237. The van der Waals surface area contributed by atoms with Crippen LogP contribution in [0.15, 0.2) is 30.2 Å². The molecule has 3 aromatic rings. The number of hydrogen-bond acceptors (Lipinski definition) is 7. The standard InChI is InChI=1S/C13H11FN6S/c14-8-3-15-13(16-4-8)19-9-5-20(6-9)12-11-10(1-2-21-11)17-7-18-12/h1-4,7,9H,5-6H2,(H,15,16,19). The molecule has 3 aromatic heterocycles. The van der Waals surface area contributed by atoms with E-state index in [4.69, 9.17) is 0 Å². The fourth-order valence-corrected chi connectivity index (χ4v) is 3.18. The lowest BCUT2D eigenvalue weighted by molar-refractivity contribution is 0.541. The van der Waals surface area contributed by atoms with Crippen molar-refractivity contribution in [1.82, 2.24) is 19.9 Å². The number of nitrogens with zero attached hydrogens (tertiary/aromatic N) is 5. The van der Waals surface area contributed by atoms with E-state index in [1.165, 1.54) is 0 Å². The van der Waals surface area contributed by atoms with Gasteiger partial charge in [-0.1, -0.05) is 0 Å². The molecule has 1 N–H and O–H groups in total. The van der Waals surface area contributed by atoms with Crippen LogP contribution in [-0.4, -0.2) is 39.1 Å². The monoisotopic (exact) mass is 302 g/mol. The lowest BCUT2D eigenvalue weighted by Crippen LogP contribution is -2.55. The molecule has 0 atom stereocenters. The largest absolute Gasteiger partial charge is 0.351 e. The Bertz CT molecular complexity index is 768. The lowest BCUT2D eigenvalue weighted by Gasteiger charge is -2.40. The Morgan fingerprint density at radius 2 is 2.00 bits per heavy atom. The number of fused-ring (bicyclic) bond motifs is 1. The van der Waals surface area contributed by atoms with Gasteiger partial charge in [0.2, 0.25) is 5.95 Å². The van der Waals surface area contributed by atoms with Crippen LogP contribution in [-0.2, 0) is 0 Å². The van der Waals surface area contributed by atoms with Gasteiger partial charge in [-0.3, -0.25) is 0 Å². The highest BCUT2D eigenvalue weighted by Crippen LogP contribution is 2.30. The number of rotatable bonds is 3. The summed E-state index contributed by atoms with van der Waals surface area (Å²) < 4.78 is 13.9. The minimum Gasteiger partial charge on any atom is -0.351 e. The first-order chi connectivity index (χ1) is 10.3. The quantitative estimate of drug-likeness (QED) is 0.797. The molecule has 0 unspecified atom stereocenters. The second-order valence-electron chi connectivity index (χ2n) is 4.80. The van der Waals surface area contributed by atoms with Crippen molar-refractivity contribution in [2.45, 2.75) is 6.04 Å². The van der Waals surface area contributed by atoms with Gasteiger partial charge in [-0.05, 0) is 11.4 Å². The molecule has 0 saturated carbocycles. The van der Waals surface area contributed by atoms with Crippen molar-refractivity contribution in [3.8, 4) is 0 Å². The maximum Gasteiger partial charge on any atom is 0.223 e. The average Bonchev–Trinajstić information content (AvgIpc) is 2.93. The summed E-state index contributed by atoms with van der Waals surface area (Å²) in [6.45, 7) is 1.62. The zero-order valence-corrected chi connectivity index (χ0v) is 11.7. The molecule has 0 amide bonds. The van der Waals surface area contributed by atoms with Gasteiger partial charge in [-0.15, -0.1) is 11.3 Å². The summed E-state index contributed by atoms with van der Waals surface area (Å²) in [5, 5.41) is 5.20. The molecule has 0 spiro atoms. The van der Waals surface area contributed by atoms with Crippen LogP contribution < -0.4 is 10.2 Å². The van der Waals surface area contributed by atoms with Gasteiger partial charge in [0.05, 0.1) is 28.7 Å². The van der Waals surface area contributed by atoms with E-state index in [9.17, 15) is 4.39 Å². The van der Waals surface area contributed by atoms with E-state index in [2.05, 4.69) is 30.2 Å². The summed E-state index contributed by atoms with van der Waals surface area (Å²) in [6, 6.07) is 2.23. The average molecular weight is 302 g/mol. The van der Waals surface area contributed by atoms with Crippen LogP contribution in [0.4, 0.5) is 16.2 Å². The molecule has 8 heteroatoms. The Morgan fingerprint density at radius 1 is 1.19 bits per heavy atom. The molecule has 4 heterocycles. The summed E-state index contributed by atoms with van der Waals surface area (Å²) in [6.07, 6.45) is 3.91. The number of aromatic nitrogens is 4. The van der Waals surface area contributed by atoms with Crippen LogP contribution in [0.2, 0.25) is 0 Å². The highest BCUT2D eigenvalue weighted by atomic mass is 32.1. The molecule has 1 aliphatic rings. The van der Waals surface area contributed by atoms with Crippen LogP contribution in [0.3, 0.4) is 0 Å². The van der Waals surface area contributed by atoms with Crippen LogP contribution in [0.5, 0.6) is 0 Å². The summed E-state index contributed by atoms with van der Waals surface area (Å²) >= 11 is 1.64. The Balaban J connectivity index is 1.45. The highest BCUT2D eigenvalue weighted by molar-refractivity contribution is 7.17. The molecular formula is C13H11FN6S. The van der Waals surface area contributed by atoms with E-state index in [0.29, 0.717) is 5.95 Å². The smallest absolute Gasteiger partial charge is 0.223 e. The lowest BCUT2D eigenvalue weighted by atomic mass is 10.1. The van der Waals surface area contributed by atoms with Gasteiger partial charge in [-0.2, -0.15) is 0 Å². The maximum atomic E-state index is 12.7. The van der Waals surface area contributed by atoms with Crippen molar-refractivity contribution >= 4 is 33.3 Å². The summed E-state index contributed by atoms with van der Waals surface area (Å²) in [5.74, 6) is 0.981. The minimum atomic E-state index is -0.433. The summed E-state index contributed by atoms with van der Waals surface area (Å²) in [5.41, 5.74) is 0.975. The van der Waals surface area contributed by atoms with E-state index in [-0.39, 0.29) is 6.04 Å². The molecule has 0 aliphatic carbocycles. The predicted octanol–water partition coefficient (Wildman–Crippen LogP) is 1.92. The van der Waals surface area contributed by atoms with Crippen molar-refractivity contribution < 1.29 is 4.39 Å². The number of halogens is 1. The van der Waals surface area contributed by atoms with Crippen LogP contribution in [0.1, 0.15) is 0 Å². The van der Waals surface area contributed by atoms with Crippen LogP contribution >= 0.6 is 11.3 Å². The molecule has 106 valence electrons. The Labute approximate surface area is 123 Å². The molecule has 0 aromatic carbocycles. The maximum absolute atomic E-state index is 12.7. The summed E-state index contributed by atoms with van der Waals surface area (Å²) in [4.78, 5) is 18.6. The van der Waals surface area contributed by atoms with E-state index >= 15 is 0 Å². The second kappa shape index (κ2) is 4.88. The number of thiophene rings is 1. The molecule has 0 bridgehead atoms. The van der Waals surface area contributed by atoms with Crippen molar-refractivity contribution in [3.05, 3.63) is 36.0 Å². The Hall–Kier alpha value is -2.35. The second-order valence-corrected chi connectivity index (χ2v) is 5.72. The Morgan fingerprint density at radius 3 is 2.81 bits per heavy atom. The first kappa shape index (κ1) is 12.4. The van der Waals surface area contributed by atoms with Gasteiger partial charge >= 0.3 is 0 Å². The van der Waals surface area contributed by atoms with Gasteiger partial charge < -0.3 is 10.2 Å². The SMILES string of the molecule is Fc1cnc(NC2CN(c3ncnc4ccsc34)C2)nc1. The zero-order chi connectivity index (χ0) is 14.2. The van der Waals surface area contributed by atoms with Gasteiger partial charge in [0.25, 0.3) is 0 Å². The third kappa shape index (κ3) is 2.27. The first-order valence-corrected chi connectivity index (χ1v) is 7.35. The fourth-order valence-electron chi connectivity index (χ4n) is 2.31. The van der Waals surface area contributed by atoms with Crippen molar-refractivity contribution in [2.75, 3.05) is 23.3 Å². The molecule has 0 radical (unpaired) electrons. The van der Waals surface area contributed by atoms with E-state index in [0.717, 1.165) is 41.5 Å². The van der Waals surface area contributed by atoms with Crippen LogP contribution in [0, 0.1) is 5.82 Å². The molecule has 4 rings (SSSR count). The summed E-state index contributed by atoms with van der Waals surface area (Å²) in [7, 11) is 0. The van der Waals surface area contributed by atoms with Gasteiger partial charge in [-0.25, -0.2) is 24.3 Å². The first-order valence-electron chi connectivity index (χ1n) is 6.47. The van der Waals surface area contributed by atoms with Gasteiger partial charge in [0, 0.05) is 13.1 Å². The number of nitrogens with one attached hydrogen (secondary N) is 1. The zero-order valence-electron chi connectivity index (χ0n) is 10.9. The third-order valence-electron chi connectivity index (χ3n) is 3.36. The van der Waals surface area contributed by atoms with E-state index < -0.39 is 5.82 Å². The van der Waals surface area contributed by atoms with Crippen LogP contribution in [0.25, 0.3) is 10.2 Å². The van der Waals surface area contributed by atoms with Gasteiger partial charge in [0.15, 0.2) is 5.82 Å². The molecule has 1 fully saturated rings. The van der Waals surface area contributed by atoms with E-state index in [1.54, 1.807) is 17.7 Å². The van der Waals surface area contributed by atoms with Gasteiger partial charge in [0.1, 0.15) is 12.1 Å². The van der Waals surface area contributed by atoms with Crippen molar-refractivity contribution in [2.24, 2.45) is 0 Å². The van der Waals surface area contributed by atoms with Crippen molar-refractivity contribution in [1.29, 1.82) is 0 Å². The topological polar surface area (TPSA) is 66.8 Å². The molecule has 1 aliphatic heterocycles. The highest BCUT2D eigenvalue weighted by Gasteiger charge is 2.29. The molecule has 1 saturated heterocycles. The van der Waals surface area contributed by atoms with Crippen molar-refractivity contribution in [3.63, 3.8) is 0 Å². The number of hydrogen-bond donors (Lipinski definition) is 1. The normalized spacial score (nSPS) is 15.2. The fraction of sp³-hybridized carbons (Fsp3) is 0.231. The van der Waals surface area contributed by atoms with E-state index in [1.807, 2.05) is 11.4 Å². The molecular weight excluding hydrogens is 291 g/mol. The predicted molar refractivity (Wildman–Crippen MR) is 79.0 cm³/mol. The molecule has 21 heavy (non-hydrogen) atoms. The Kier molecular flexibility index (Phi) is 2.88. The number of anilines is 2.